The predicted molar refractivity (Wildman–Crippen MR) is 109 cm³/mol. The maximum atomic E-state index is 12.9. The van der Waals surface area contributed by atoms with Gasteiger partial charge in [-0.15, -0.1) is 0 Å². The number of hydrogen-bond donors (Lipinski definition) is 1. The van der Waals surface area contributed by atoms with Gasteiger partial charge in [-0.1, -0.05) is 18.2 Å². The summed E-state index contributed by atoms with van der Waals surface area (Å²) < 4.78 is 5.34. The van der Waals surface area contributed by atoms with Crippen LogP contribution in [-0.2, 0) is 4.74 Å². The van der Waals surface area contributed by atoms with Gasteiger partial charge < -0.3 is 19.9 Å². The molecular weight excluding hydrogens is 354 g/mol. The molecule has 2 aromatic rings. The van der Waals surface area contributed by atoms with E-state index in [-0.39, 0.29) is 11.8 Å². The first kappa shape index (κ1) is 18.5. The first-order valence-corrected chi connectivity index (χ1v) is 9.85. The smallest absolute Gasteiger partial charge is 0.255 e. The lowest BCUT2D eigenvalue weighted by Crippen LogP contribution is -2.40. The summed E-state index contributed by atoms with van der Waals surface area (Å²) in [7, 11) is 0. The highest BCUT2D eigenvalue weighted by Crippen LogP contribution is 2.31. The molecule has 2 amide bonds. The number of nitrogens with zero attached hydrogens (tertiary/aromatic N) is 2. The maximum absolute atomic E-state index is 12.9. The number of benzene rings is 2. The van der Waals surface area contributed by atoms with E-state index in [1.54, 1.807) is 17.0 Å². The summed E-state index contributed by atoms with van der Waals surface area (Å²) in [5.74, 6) is -0.191. The first-order valence-electron chi connectivity index (χ1n) is 9.85. The Hall–Kier alpha value is -2.86. The molecule has 0 bridgehead atoms. The van der Waals surface area contributed by atoms with Crippen LogP contribution in [0.25, 0.3) is 0 Å². The Labute approximate surface area is 165 Å². The van der Waals surface area contributed by atoms with Gasteiger partial charge in [-0.25, -0.2) is 0 Å². The van der Waals surface area contributed by atoms with Gasteiger partial charge in [0, 0.05) is 37.3 Å². The quantitative estimate of drug-likeness (QED) is 0.887. The van der Waals surface area contributed by atoms with E-state index in [0.29, 0.717) is 43.1 Å². The van der Waals surface area contributed by atoms with Gasteiger partial charge in [0.05, 0.1) is 24.6 Å². The molecule has 1 N–H and O–H groups in total. The van der Waals surface area contributed by atoms with Crippen LogP contribution >= 0.6 is 0 Å². The summed E-state index contributed by atoms with van der Waals surface area (Å²) in [5, 5.41) is 3.03. The first-order chi connectivity index (χ1) is 13.7. The zero-order valence-corrected chi connectivity index (χ0v) is 15.9. The van der Waals surface area contributed by atoms with E-state index in [1.807, 2.05) is 36.4 Å². The molecule has 0 unspecified atom stereocenters. The molecule has 2 heterocycles. The highest BCUT2D eigenvalue weighted by atomic mass is 16.5. The van der Waals surface area contributed by atoms with E-state index in [4.69, 9.17) is 4.74 Å². The van der Waals surface area contributed by atoms with Crippen molar-refractivity contribution in [1.82, 2.24) is 4.90 Å². The average Bonchev–Trinajstić information content (AvgIpc) is 3.29. The van der Waals surface area contributed by atoms with Crippen LogP contribution < -0.4 is 10.2 Å². The van der Waals surface area contributed by atoms with Crippen LogP contribution in [0.4, 0.5) is 11.4 Å². The summed E-state index contributed by atoms with van der Waals surface area (Å²) in [6.45, 7) is 4.25. The monoisotopic (exact) mass is 379 g/mol. The van der Waals surface area contributed by atoms with E-state index in [2.05, 4.69) is 10.2 Å². The summed E-state index contributed by atoms with van der Waals surface area (Å²) in [6.07, 6.45) is 2.28. The van der Waals surface area contributed by atoms with Gasteiger partial charge in [-0.3, -0.25) is 9.59 Å². The normalized spacial score (nSPS) is 16.9. The van der Waals surface area contributed by atoms with Crippen molar-refractivity contribution in [2.45, 2.75) is 12.8 Å². The van der Waals surface area contributed by atoms with E-state index < -0.39 is 0 Å². The van der Waals surface area contributed by atoms with Crippen molar-refractivity contribution in [3.8, 4) is 0 Å². The van der Waals surface area contributed by atoms with E-state index in [0.717, 1.165) is 31.6 Å². The second-order valence-corrected chi connectivity index (χ2v) is 7.15. The van der Waals surface area contributed by atoms with Crippen LogP contribution in [0.15, 0.2) is 48.5 Å². The van der Waals surface area contributed by atoms with Gasteiger partial charge in [0.25, 0.3) is 11.8 Å². The molecule has 6 heteroatoms. The fourth-order valence-corrected chi connectivity index (χ4v) is 3.74. The molecule has 2 aliphatic heterocycles. The third-order valence-corrected chi connectivity index (χ3v) is 5.27. The van der Waals surface area contributed by atoms with Gasteiger partial charge in [-0.05, 0) is 43.2 Å². The SMILES string of the molecule is O=C(Nc1cc(C(=O)N2CCOCC2)ccc1N1CCCC1)c1ccccc1. The zero-order chi connectivity index (χ0) is 19.3. The third-order valence-electron chi connectivity index (χ3n) is 5.27. The zero-order valence-electron chi connectivity index (χ0n) is 15.9. The molecule has 0 aliphatic carbocycles. The number of hydrogen-bond acceptors (Lipinski definition) is 4. The lowest BCUT2D eigenvalue weighted by molar-refractivity contribution is 0.0303. The number of ether oxygens (including phenoxy) is 1. The average molecular weight is 379 g/mol. The molecule has 28 heavy (non-hydrogen) atoms. The molecule has 0 saturated carbocycles. The Balaban J connectivity index is 1.62. The minimum atomic E-state index is -0.169. The number of rotatable bonds is 4. The lowest BCUT2D eigenvalue weighted by atomic mass is 10.1. The fraction of sp³-hybridized carbons (Fsp3) is 0.364. The van der Waals surface area contributed by atoms with Crippen LogP contribution in [0.3, 0.4) is 0 Å². The number of anilines is 2. The molecule has 0 aromatic heterocycles. The number of amides is 2. The molecular formula is C22H25N3O3. The van der Waals surface area contributed by atoms with Crippen molar-refractivity contribution in [3.63, 3.8) is 0 Å². The van der Waals surface area contributed by atoms with Crippen molar-refractivity contribution < 1.29 is 14.3 Å². The summed E-state index contributed by atoms with van der Waals surface area (Å²) in [4.78, 5) is 29.7. The molecule has 0 radical (unpaired) electrons. The summed E-state index contributed by atoms with van der Waals surface area (Å²) in [5.41, 5.74) is 2.85. The third kappa shape index (κ3) is 4.02. The Morgan fingerprint density at radius 3 is 2.29 bits per heavy atom. The molecule has 2 aromatic carbocycles. The molecule has 2 fully saturated rings. The maximum Gasteiger partial charge on any atom is 0.255 e. The molecule has 2 aliphatic rings. The number of morpholine rings is 1. The molecule has 0 atom stereocenters. The summed E-state index contributed by atoms with van der Waals surface area (Å²) in [6, 6.07) is 14.8. The molecule has 0 spiro atoms. The highest BCUT2D eigenvalue weighted by molar-refractivity contribution is 6.07. The number of carbonyl (C=O) groups excluding carboxylic acids is 2. The molecule has 4 rings (SSSR count). The van der Waals surface area contributed by atoms with Crippen LogP contribution in [0, 0.1) is 0 Å². The molecule has 146 valence electrons. The lowest BCUT2D eigenvalue weighted by Gasteiger charge is -2.28. The summed E-state index contributed by atoms with van der Waals surface area (Å²) >= 11 is 0. The topological polar surface area (TPSA) is 61.9 Å². The fourth-order valence-electron chi connectivity index (χ4n) is 3.74. The predicted octanol–water partition coefficient (Wildman–Crippen LogP) is 3.01. The van der Waals surface area contributed by atoms with Gasteiger partial charge in [0.15, 0.2) is 0 Å². The van der Waals surface area contributed by atoms with Gasteiger partial charge >= 0.3 is 0 Å². The van der Waals surface area contributed by atoms with Crippen molar-refractivity contribution in [3.05, 3.63) is 59.7 Å². The largest absolute Gasteiger partial charge is 0.378 e. The molecule has 6 nitrogen and oxygen atoms in total. The van der Waals surface area contributed by atoms with E-state index in [1.165, 1.54) is 0 Å². The van der Waals surface area contributed by atoms with Crippen LogP contribution in [0.2, 0.25) is 0 Å². The standard InChI is InChI=1S/C22H25N3O3/c26-21(17-6-2-1-3-7-17)23-19-16-18(22(27)25-12-14-28-15-13-25)8-9-20(19)24-10-4-5-11-24/h1-3,6-9,16H,4-5,10-15H2,(H,23,26). The van der Waals surface area contributed by atoms with Gasteiger partial charge in [0.1, 0.15) is 0 Å². The molecule has 2 saturated heterocycles. The van der Waals surface area contributed by atoms with Crippen LogP contribution in [0.5, 0.6) is 0 Å². The van der Waals surface area contributed by atoms with Crippen LogP contribution in [-0.4, -0.2) is 56.1 Å². The van der Waals surface area contributed by atoms with E-state index >= 15 is 0 Å². The van der Waals surface area contributed by atoms with Crippen molar-refractivity contribution in [1.29, 1.82) is 0 Å². The Morgan fingerprint density at radius 2 is 1.57 bits per heavy atom. The van der Waals surface area contributed by atoms with Crippen molar-refractivity contribution >= 4 is 23.2 Å². The minimum absolute atomic E-state index is 0.0218. The number of carbonyl (C=O) groups is 2. The van der Waals surface area contributed by atoms with Crippen molar-refractivity contribution in [2.75, 3.05) is 49.6 Å². The Kier molecular flexibility index (Phi) is 5.58. The highest BCUT2D eigenvalue weighted by Gasteiger charge is 2.22. The van der Waals surface area contributed by atoms with Gasteiger partial charge in [-0.2, -0.15) is 0 Å². The Morgan fingerprint density at radius 1 is 0.857 bits per heavy atom. The second-order valence-electron chi connectivity index (χ2n) is 7.15. The minimum Gasteiger partial charge on any atom is -0.378 e. The van der Waals surface area contributed by atoms with Crippen LogP contribution in [0.1, 0.15) is 33.6 Å². The second kappa shape index (κ2) is 8.44. The van der Waals surface area contributed by atoms with E-state index in [9.17, 15) is 9.59 Å². The van der Waals surface area contributed by atoms with Crippen molar-refractivity contribution in [2.24, 2.45) is 0 Å². The van der Waals surface area contributed by atoms with Gasteiger partial charge in [0.2, 0.25) is 0 Å². The Bertz CT molecular complexity index is 841. The number of nitrogens with one attached hydrogen (secondary N) is 1.